The van der Waals surface area contributed by atoms with Crippen molar-refractivity contribution in [1.82, 2.24) is 9.97 Å². The third-order valence-corrected chi connectivity index (χ3v) is 5.20. The van der Waals surface area contributed by atoms with Crippen molar-refractivity contribution < 1.29 is 9.90 Å². The van der Waals surface area contributed by atoms with Gasteiger partial charge in [0.2, 0.25) is 5.71 Å². The van der Waals surface area contributed by atoms with E-state index in [0.29, 0.717) is 22.8 Å². The summed E-state index contributed by atoms with van der Waals surface area (Å²) in [5.41, 5.74) is 3.57. The van der Waals surface area contributed by atoms with Crippen molar-refractivity contribution >= 4 is 39.3 Å². The first kappa shape index (κ1) is 12.3. The molecule has 5 rings (SSSR count). The molecule has 3 aromatic heterocycles. The van der Waals surface area contributed by atoms with Gasteiger partial charge in [0.1, 0.15) is 6.17 Å². The Morgan fingerprint density at radius 1 is 1.15 bits per heavy atom. The third-order valence-electron chi connectivity index (χ3n) is 5.20. The molecule has 0 saturated carbocycles. The van der Waals surface area contributed by atoms with Gasteiger partial charge in [-0.2, -0.15) is 0 Å². The van der Waals surface area contributed by atoms with Gasteiger partial charge in [0.25, 0.3) is 0 Å². The Bertz CT molecular complexity index is 1310. The second-order valence-corrected chi connectivity index (χ2v) is 6.87. The summed E-state index contributed by atoms with van der Waals surface area (Å²) < 4.78 is 38.9. The highest BCUT2D eigenvalue weighted by Gasteiger charge is 2.38. The van der Waals surface area contributed by atoms with Crippen molar-refractivity contribution in [3.05, 3.63) is 54.4 Å². The molecule has 1 unspecified atom stereocenters. The Morgan fingerprint density at radius 2 is 1.96 bits per heavy atom. The van der Waals surface area contributed by atoms with Crippen LogP contribution in [0.15, 0.2) is 53.2 Å². The molecule has 0 saturated heterocycles. The highest BCUT2D eigenvalue weighted by atomic mass is 16.3. The van der Waals surface area contributed by atoms with Gasteiger partial charge in [-0.25, -0.2) is 9.97 Å². The van der Waals surface area contributed by atoms with Crippen LogP contribution in [0.3, 0.4) is 0 Å². The van der Waals surface area contributed by atoms with Gasteiger partial charge < -0.3 is 14.2 Å². The summed E-state index contributed by atoms with van der Waals surface area (Å²) in [6.45, 7) is 2.78. The van der Waals surface area contributed by atoms with Crippen LogP contribution in [0, 0.1) is 6.92 Å². The van der Waals surface area contributed by atoms with Crippen LogP contribution in [0.2, 0.25) is 0 Å². The molecule has 136 valence electrons. The van der Waals surface area contributed by atoms with Crippen LogP contribution in [0.4, 0.5) is 17.2 Å². The fourth-order valence-corrected chi connectivity index (χ4v) is 4.07. The number of hydrogen-bond donors (Lipinski definition) is 0. The molecule has 4 heterocycles. The zero-order valence-electron chi connectivity index (χ0n) is 19.4. The molecule has 1 aliphatic rings. The highest BCUT2D eigenvalue weighted by Crippen LogP contribution is 2.47. The fraction of sp³-hybridized carbons (Fsp3) is 0.273. The smallest absolute Gasteiger partial charge is 0.227 e. The fourth-order valence-electron chi connectivity index (χ4n) is 4.07. The number of furan rings is 1. The topological polar surface area (TPSA) is 45.4 Å². The number of rotatable bonds is 2. The van der Waals surface area contributed by atoms with Crippen molar-refractivity contribution in [3.8, 4) is 0 Å². The van der Waals surface area contributed by atoms with Crippen LogP contribution in [-0.2, 0) is 0 Å². The summed E-state index contributed by atoms with van der Waals surface area (Å²) in [5, 5.41) is 1.84. The number of fused-ring (bicyclic) bond motifs is 4. The van der Waals surface area contributed by atoms with E-state index in [0.717, 1.165) is 22.0 Å². The van der Waals surface area contributed by atoms with Gasteiger partial charge in [-0.15, -0.1) is 0 Å². The van der Waals surface area contributed by atoms with E-state index in [1.807, 2.05) is 49.1 Å². The normalized spacial score (nSPS) is 21.5. The molecule has 5 nitrogen and oxygen atoms in total. The Morgan fingerprint density at radius 3 is 2.81 bits per heavy atom. The van der Waals surface area contributed by atoms with E-state index < -0.39 is 19.0 Å². The maximum absolute atomic E-state index is 8.77. The van der Waals surface area contributed by atoms with Crippen molar-refractivity contribution in [2.24, 2.45) is 0 Å². The van der Waals surface area contributed by atoms with Crippen LogP contribution in [-0.4, -0.2) is 22.2 Å². The number of nitrogens with zero attached hydrogens (tertiary/aromatic N) is 4. The molecular formula is C22H22N4O. The first-order valence-electron chi connectivity index (χ1n) is 10.9. The van der Waals surface area contributed by atoms with Gasteiger partial charge >= 0.3 is 0 Å². The molecule has 1 aromatic carbocycles. The van der Waals surface area contributed by atoms with Crippen LogP contribution in [0.5, 0.6) is 0 Å². The first-order chi connectivity index (χ1) is 14.6. The molecule has 0 bridgehead atoms. The average molecular weight is 362 g/mol. The summed E-state index contributed by atoms with van der Waals surface area (Å²) >= 11 is 0. The van der Waals surface area contributed by atoms with Crippen LogP contribution in [0.1, 0.15) is 31.7 Å². The zero-order chi connectivity index (χ0) is 22.1. The number of anilines is 3. The lowest BCUT2D eigenvalue weighted by Crippen LogP contribution is -2.42. The SMILES string of the molecule is [2H]C([2H])([2H])C([2H])(C)N1c2cccnc2N(c2c(C)ccc3c2oc2ncccc23)[C@H]1C. The monoisotopic (exact) mass is 362 g/mol. The summed E-state index contributed by atoms with van der Waals surface area (Å²) in [7, 11) is 0. The summed E-state index contributed by atoms with van der Waals surface area (Å²) in [4.78, 5) is 12.5. The van der Waals surface area contributed by atoms with Gasteiger partial charge in [-0.3, -0.25) is 0 Å². The Kier molecular flexibility index (Phi) is 2.61. The van der Waals surface area contributed by atoms with Gasteiger partial charge in [-0.05, 0) is 57.5 Å². The average Bonchev–Trinajstić information content (AvgIpc) is 3.22. The van der Waals surface area contributed by atoms with E-state index in [9.17, 15) is 0 Å². The minimum Gasteiger partial charge on any atom is -0.435 e. The predicted molar refractivity (Wildman–Crippen MR) is 110 cm³/mol. The number of hydrogen-bond acceptors (Lipinski definition) is 5. The molecule has 1 aliphatic heterocycles. The van der Waals surface area contributed by atoms with E-state index in [1.165, 1.54) is 6.92 Å². The van der Waals surface area contributed by atoms with Gasteiger partial charge in [-0.1, -0.05) is 12.1 Å². The third kappa shape index (κ3) is 2.17. The van der Waals surface area contributed by atoms with E-state index in [1.54, 1.807) is 23.4 Å². The minimum atomic E-state index is -2.52. The largest absolute Gasteiger partial charge is 0.435 e. The first-order valence-corrected chi connectivity index (χ1v) is 8.93. The number of aromatic nitrogens is 2. The molecular weight excluding hydrogens is 336 g/mol. The van der Waals surface area contributed by atoms with E-state index >= 15 is 0 Å². The molecule has 0 spiro atoms. The van der Waals surface area contributed by atoms with Crippen molar-refractivity contribution in [3.63, 3.8) is 0 Å². The van der Waals surface area contributed by atoms with Crippen LogP contribution >= 0.6 is 0 Å². The standard InChI is InChI=1S/C22H22N4O/c1-13(2)25-15(4)26(21-18(25)8-6-11-23-21)19-14(3)9-10-16-17-7-5-12-24-22(17)27-20(16)19/h5-13,15H,1-4H3/t15-/m0/s1/i1D3,13D/t13?,15-. The Balaban J connectivity index is 1.79. The second-order valence-electron chi connectivity index (χ2n) is 6.87. The minimum absolute atomic E-state index is 0.474. The predicted octanol–water partition coefficient (Wildman–Crippen LogP) is 5.40. The molecule has 0 radical (unpaired) electrons. The zero-order valence-corrected chi connectivity index (χ0v) is 15.4. The number of pyridine rings is 2. The number of benzene rings is 1. The van der Waals surface area contributed by atoms with Gasteiger partial charge in [0.15, 0.2) is 11.4 Å². The molecule has 4 aromatic rings. The maximum Gasteiger partial charge on any atom is 0.227 e. The van der Waals surface area contributed by atoms with Crippen molar-refractivity contribution in [2.45, 2.75) is 39.8 Å². The van der Waals surface area contributed by atoms with E-state index in [2.05, 4.69) is 9.97 Å². The summed E-state index contributed by atoms with van der Waals surface area (Å²) in [6, 6.07) is 9.59. The maximum atomic E-state index is 8.77. The lowest BCUT2D eigenvalue weighted by molar-refractivity contribution is 0.601. The Labute approximate surface area is 163 Å². The summed E-state index contributed by atoms with van der Waals surface area (Å²) in [6.07, 6.45) is 2.89. The second kappa shape index (κ2) is 5.71. The van der Waals surface area contributed by atoms with E-state index in [-0.39, 0.29) is 0 Å². The lowest BCUT2D eigenvalue weighted by atomic mass is 10.1. The van der Waals surface area contributed by atoms with Crippen LogP contribution < -0.4 is 9.80 Å². The Hall–Kier alpha value is -3.08. The lowest BCUT2D eigenvalue weighted by Gasteiger charge is -2.33. The number of aryl methyl sites for hydroxylation is 1. The quantitative estimate of drug-likeness (QED) is 0.478. The van der Waals surface area contributed by atoms with E-state index in [4.69, 9.17) is 9.90 Å². The highest BCUT2D eigenvalue weighted by molar-refractivity contribution is 6.09. The molecule has 5 heteroatoms. The van der Waals surface area contributed by atoms with Crippen molar-refractivity contribution in [1.29, 1.82) is 0 Å². The molecule has 0 fully saturated rings. The van der Waals surface area contributed by atoms with Gasteiger partial charge in [0, 0.05) is 33.3 Å². The molecule has 0 amide bonds. The van der Waals surface area contributed by atoms with Crippen LogP contribution in [0.25, 0.3) is 22.1 Å². The summed E-state index contributed by atoms with van der Waals surface area (Å²) in [5.74, 6) is 0.599. The molecule has 2 atom stereocenters. The molecule has 27 heavy (non-hydrogen) atoms. The van der Waals surface area contributed by atoms with Crippen molar-refractivity contribution in [2.75, 3.05) is 9.80 Å². The van der Waals surface area contributed by atoms with Gasteiger partial charge in [0.05, 0.1) is 12.7 Å². The molecule has 0 N–H and O–H groups in total. The molecule has 0 aliphatic carbocycles.